The van der Waals surface area contributed by atoms with Crippen molar-refractivity contribution in [2.45, 2.75) is 9.79 Å². The zero-order valence-corrected chi connectivity index (χ0v) is 16.7. The molecule has 0 atom stereocenters. The summed E-state index contributed by atoms with van der Waals surface area (Å²) >= 11 is 7.39. The third-order valence-electron chi connectivity index (χ3n) is 3.82. The second kappa shape index (κ2) is 9.91. The molecule has 0 heterocycles. The first kappa shape index (κ1) is 20.6. The van der Waals surface area contributed by atoms with E-state index >= 15 is 0 Å². The Morgan fingerprint density at radius 2 is 1.66 bits per heavy atom. The van der Waals surface area contributed by atoms with Crippen LogP contribution in [-0.4, -0.2) is 24.8 Å². The molecule has 0 aromatic heterocycles. The Balaban J connectivity index is 1.59. The molecule has 3 rings (SSSR count). The Hall–Kier alpha value is -3.09. The van der Waals surface area contributed by atoms with Gasteiger partial charge >= 0.3 is 5.97 Å². The summed E-state index contributed by atoms with van der Waals surface area (Å²) in [5.41, 5.74) is 1.33. The first-order valence-electron chi connectivity index (χ1n) is 8.60. The molecule has 0 aliphatic heterocycles. The van der Waals surface area contributed by atoms with Crippen LogP contribution in [0.5, 0.6) is 0 Å². The molecule has 0 radical (unpaired) electrons. The number of nitrogens with one attached hydrogen (secondary N) is 1. The van der Waals surface area contributed by atoms with Crippen molar-refractivity contribution in [1.29, 1.82) is 0 Å². The molecular weight excluding hydrogens is 410 g/mol. The van der Waals surface area contributed by atoms with Gasteiger partial charge in [0.15, 0.2) is 6.61 Å². The molecule has 3 aromatic carbocycles. The summed E-state index contributed by atoms with van der Waals surface area (Å²) in [5, 5.41) is 3.41. The van der Waals surface area contributed by atoms with Crippen molar-refractivity contribution < 1.29 is 19.1 Å². The van der Waals surface area contributed by atoms with Crippen LogP contribution in [0, 0.1) is 0 Å². The second-order valence-electron chi connectivity index (χ2n) is 5.92. The molecule has 0 bridgehead atoms. The minimum Gasteiger partial charge on any atom is -0.452 e. The van der Waals surface area contributed by atoms with E-state index in [2.05, 4.69) is 5.32 Å². The van der Waals surface area contributed by atoms with Gasteiger partial charge in [0, 0.05) is 20.4 Å². The lowest BCUT2D eigenvalue weighted by molar-refractivity contribution is -0.119. The number of aldehydes is 1. The maximum atomic E-state index is 12.2. The minimum atomic E-state index is -0.638. The maximum absolute atomic E-state index is 12.2. The summed E-state index contributed by atoms with van der Waals surface area (Å²) in [4.78, 5) is 36.7. The number of ether oxygens (including phenoxy) is 1. The smallest absolute Gasteiger partial charge is 0.338 e. The molecular formula is C22H16ClNO4S. The molecule has 0 aliphatic carbocycles. The number of amides is 1. The van der Waals surface area contributed by atoms with Crippen LogP contribution in [0.4, 0.5) is 5.69 Å². The first-order valence-corrected chi connectivity index (χ1v) is 9.79. The first-order chi connectivity index (χ1) is 14.0. The van der Waals surface area contributed by atoms with Crippen molar-refractivity contribution in [3.8, 4) is 0 Å². The summed E-state index contributed by atoms with van der Waals surface area (Å²) in [6, 6.07) is 20.7. The number of carbonyl (C=O) groups is 3. The zero-order chi connectivity index (χ0) is 20.6. The molecule has 5 nitrogen and oxygen atoms in total. The van der Waals surface area contributed by atoms with E-state index < -0.39 is 18.5 Å². The third kappa shape index (κ3) is 5.94. The molecule has 3 aromatic rings. The van der Waals surface area contributed by atoms with E-state index in [1.54, 1.807) is 18.2 Å². The highest BCUT2D eigenvalue weighted by Gasteiger charge is 2.12. The SMILES string of the molecule is O=Cc1ccc(C(=O)OCC(=O)Nc2ccccc2Sc2ccc(Cl)cc2)cc1. The molecule has 7 heteroatoms. The highest BCUT2D eigenvalue weighted by molar-refractivity contribution is 7.99. The quantitative estimate of drug-likeness (QED) is 0.421. The molecule has 0 aliphatic rings. The zero-order valence-electron chi connectivity index (χ0n) is 15.1. The summed E-state index contributed by atoms with van der Waals surface area (Å²) in [7, 11) is 0. The molecule has 29 heavy (non-hydrogen) atoms. The molecule has 0 fully saturated rings. The predicted molar refractivity (Wildman–Crippen MR) is 113 cm³/mol. The average molecular weight is 426 g/mol. The number of para-hydroxylation sites is 1. The van der Waals surface area contributed by atoms with Crippen LogP contribution in [0.2, 0.25) is 5.02 Å². The number of hydrogen-bond acceptors (Lipinski definition) is 5. The van der Waals surface area contributed by atoms with Gasteiger partial charge in [0.05, 0.1) is 11.3 Å². The fourth-order valence-electron chi connectivity index (χ4n) is 2.39. The van der Waals surface area contributed by atoms with E-state index in [0.29, 0.717) is 22.6 Å². The monoisotopic (exact) mass is 425 g/mol. The molecule has 0 saturated heterocycles. The van der Waals surface area contributed by atoms with Crippen molar-refractivity contribution >= 4 is 47.2 Å². The van der Waals surface area contributed by atoms with Crippen molar-refractivity contribution in [2.24, 2.45) is 0 Å². The van der Waals surface area contributed by atoms with Crippen LogP contribution in [0.3, 0.4) is 0 Å². The molecule has 0 spiro atoms. The van der Waals surface area contributed by atoms with E-state index in [-0.39, 0.29) is 5.56 Å². The number of halogens is 1. The van der Waals surface area contributed by atoms with Gasteiger partial charge in [-0.05, 0) is 48.5 Å². The van der Waals surface area contributed by atoms with Gasteiger partial charge in [0.1, 0.15) is 6.29 Å². The molecule has 0 unspecified atom stereocenters. The van der Waals surface area contributed by atoms with Gasteiger partial charge < -0.3 is 10.1 Å². The van der Waals surface area contributed by atoms with Crippen LogP contribution >= 0.6 is 23.4 Å². The normalized spacial score (nSPS) is 10.2. The number of benzene rings is 3. The van der Waals surface area contributed by atoms with E-state index in [9.17, 15) is 14.4 Å². The Morgan fingerprint density at radius 3 is 2.34 bits per heavy atom. The van der Waals surface area contributed by atoms with Crippen molar-refractivity contribution in [2.75, 3.05) is 11.9 Å². The molecule has 146 valence electrons. The fraction of sp³-hybridized carbons (Fsp3) is 0.0455. The Morgan fingerprint density at radius 1 is 0.966 bits per heavy atom. The number of anilines is 1. The van der Waals surface area contributed by atoms with Crippen LogP contribution in [0.15, 0.2) is 82.6 Å². The van der Waals surface area contributed by atoms with Crippen LogP contribution in [-0.2, 0) is 9.53 Å². The number of esters is 1. The maximum Gasteiger partial charge on any atom is 0.338 e. The van der Waals surface area contributed by atoms with E-state index in [0.717, 1.165) is 9.79 Å². The number of carbonyl (C=O) groups excluding carboxylic acids is 3. The summed E-state index contributed by atoms with van der Waals surface area (Å²) in [6.07, 6.45) is 0.683. The Kier molecular flexibility index (Phi) is 7.05. The van der Waals surface area contributed by atoms with Gasteiger partial charge in [-0.3, -0.25) is 9.59 Å². The topological polar surface area (TPSA) is 72.5 Å². The Bertz CT molecular complexity index is 1020. The fourth-order valence-corrected chi connectivity index (χ4v) is 3.41. The van der Waals surface area contributed by atoms with Gasteiger partial charge in [0.25, 0.3) is 5.91 Å². The van der Waals surface area contributed by atoms with Crippen molar-refractivity contribution in [1.82, 2.24) is 0 Å². The van der Waals surface area contributed by atoms with Crippen molar-refractivity contribution in [3.05, 3.63) is 88.9 Å². The third-order valence-corrected chi connectivity index (χ3v) is 5.16. The van der Waals surface area contributed by atoms with Gasteiger partial charge in [-0.1, -0.05) is 47.6 Å². The van der Waals surface area contributed by atoms with E-state index in [4.69, 9.17) is 16.3 Å². The van der Waals surface area contributed by atoms with E-state index in [1.165, 1.54) is 36.0 Å². The summed E-state index contributed by atoms with van der Waals surface area (Å²) in [6.45, 7) is -0.422. The van der Waals surface area contributed by atoms with E-state index in [1.807, 2.05) is 30.3 Å². The number of rotatable bonds is 7. The lowest BCUT2D eigenvalue weighted by Gasteiger charge is -2.11. The van der Waals surface area contributed by atoms with Crippen LogP contribution in [0.1, 0.15) is 20.7 Å². The van der Waals surface area contributed by atoms with Crippen LogP contribution in [0.25, 0.3) is 0 Å². The van der Waals surface area contributed by atoms with Gasteiger partial charge in [-0.2, -0.15) is 0 Å². The minimum absolute atomic E-state index is 0.266. The molecule has 1 amide bonds. The summed E-state index contributed by atoms with van der Waals surface area (Å²) < 4.78 is 5.05. The second-order valence-corrected chi connectivity index (χ2v) is 7.47. The standard InChI is InChI=1S/C22H16ClNO4S/c23-17-9-11-18(12-10-17)29-20-4-2-1-3-19(20)24-21(26)14-28-22(27)16-7-5-15(13-25)6-8-16/h1-13H,14H2,(H,24,26). The van der Waals surface area contributed by atoms with Gasteiger partial charge in [0.2, 0.25) is 0 Å². The number of hydrogen-bond donors (Lipinski definition) is 1. The summed E-state index contributed by atoms with van der Waals surface area (Å²) in [5.74, 6) is -1.09. The lowest BCUT2D eigenvalue weighted by atomic mass is 10.1. The highest BCUT2D eigenvalue weighted by Crippen LogP contribution is 2.33. The largest absolute Gasteiger partial charge is 0.452 e. The van der Waals surface area contributed by atoms with Crippen LogP contribution < -0.4 is 5.32 Å². The lowest BCUT2D eigenvalue weighted by Crippen LogP contribution is -2.21. The highest BCUT2D eigenvalue weighted by atomic mass is 35.5. The molecule has 1 N–H and O–H groups in total. The Labute approximate surface area is 177 Å². The van der Waals surface area contributed by atoms with Gasteiger partial charge in [-0.15, -0.1) is 0 Å². The van der Waals surface area contributed by atoms with Crippen molar-refractivity contribution in [3.63, 3.8) is 0 Å². The molecule has 0 saturated carbocycles. The average Bonchev–Trinajstić information content (AvgIpc) is 2.75. The van der Waals surface area contributed by atoms with Gasteiger partial charge in [-0.25, -0.2) is 4.79 Å². The predicted octanol–water partition coefficient (Wildman–Crippen LogP) is 5.10.